The van der Waals surface area contributed by atoms with Gasteiger partial charge in [0.05, 0.1) is 0 Å². The average Bonchev–Trinajstić information content (AvgIpc) is 2.14. The molecule has 12 heavy (non-hydrogen) atoms. The summed E-state index contributed by atoms with van der Waals surface area (Å²) in [5.74, 6) is 0.569. The lowest BCUT2D eigenvalue weighted by atomic mass is 10.2. The van der Waals surface area contributed by atoms with E-state index in [-0.39, 0.29) is 0 Å². The smallest absolute Gasteiger partial charge is 0.0407 e. The van der Waals surface area contributed by atoms with Crippen LogP contribution in [-0.2, 0) is 0 Å². The molecule has 0 nitrogen and oxygen atoms in total. The first-order valence-electron chi connectivity index (χ1n) is 3.87. The van der Waals surface area contributed by atoms with Gasteiger partial charge < -0.3 is 0 Å². The summed E-state index contributed by atoms with van der Waals surface area (Å²) in [7, 11) is 0. The summed E-state index contributed by atoms with van der Waals surface area (Å²) >= 11 is 5.46. The molecule has 0 saturated carbocycles. The highest BCUT2D eigenvalue weighted by molar-refractivity contribution is 6.18. The molecule has 0 saturated heterocycles. The molecule has 0 radical (unpaired) electrons. The SMILES string of the molecule is ClCC=CC=Cc1ccccc1. The predicted octanol–water partition coefficient (Wildman–Crippen LogP) is 3.49. The number of benzene rings is 1. The number of halogens is 1. The maximum absolute atomic E-state index is 5.46. The van der Waals surface area contributed by atoms with E-state index in [1.165, 1.54) is 5.56 Å². The van der Waals surface area contributed by atoms with E-state index in [0.717, 1.165) is 0 Å². The van der Waals surface area contributed by atoms with Gasteiger partial charge in [-0.2, -0.15) is 0 Å². The lowest BCUT2D eigenvalue weighted by molar-refractivity contribution is 1.66. The van der Waals surface area contributed by atoms with E-state index in [1.807, 2.05) is 42.5 Å². The molecule has 0 unspecified atom stereocenters. The topological polar surface area (TPSA) is 0 Å². The monoisotopic (exact) mass is 178 g/mol. The Morgan fingerprint density at radius 1 is 1.08 bits per heavy atom. The number of alkyl halides is 1. The Morgan fingerprint density at radius 2 is 1.83 bits per heavy atom. The number of allylic oxidation sites excluding steroid dienone is 3. The van der Waals surface area contributed by atoms with Crippen LogP contribution in [0.4, 0.5) is 0 Å². The molecule has 0 spiro atoms. The molecule has 0 heterocycles. The number of rotatable bonds is 3. The summed E-state index contributed by atoms with van der Waals surface area (Å²) in [5.41, 5.74) is 1.21. The van der Waals surface area contributed by atoms with Crippen molar-refractivity contribution in [3.8, 4) is 0 Å². The summed E-state index contributed by atoms with van der Waals surface area (Å²) in [4.78, 5) is 0. The highest BCUT2D eigenvalue weighted by Crippen LogP contribution is 2.00. The quantitative estimate of drug-likeness (QED) is 0.491. The van der Waals surface area contributed by atoms with Crippen LogP contribution >= 0.6 is 11.6 Å². The van der Waals surface area contributed by atoms with Gasteiger partial charge >= 0.3 is 0 Å². The minimum Gasteiger partial charge on any atom is -0.122 e. The van der Waals surface area contributed by atoms with E-state index in [0.29, 0.717) is 5.88 Å². The third-order valence-electron chi connectivity index (χ3n) is 1.42. The molecule has 1 rings (SSSR count). The van der Waals surface area contributed by atoms with E-state index in [1.54, 1.807) is 0 Å². The normalized spacial score (nSPS) is 11.4. The molecule has 0 aromatic heterocycles. The zero-order chi connectivity index (χ0) is 8.65. The van der Waals surface area contributed by atoms with Crippen LogP contribution in [0.5, 0.6) is 0 Å². The van der Waals surface area contributed by atoms with Gasteiger partial charge in [-0.1, -0.05) is 54.6 Å². The van der Waals surface area contributed by atoms with Gasteiger partial charge in [-0.3, -0.25) is 0 Å². The Kier molecular flexibility index (Phi) is 4.25. The standard InChI is InChI=1S/C11H11Cl/c12-10-6-2-5-9-11-7-3-1-4-8-11/h1-9H,10H2. The lowest BCUT2D eigenvalue weighted by Crippen LogP contribution is -1.66. The van der Waals surface area contributed by atoms with Gasteiger partial charge in [0.1, 0.15) is 0 Å². The van der Waals surface area contributed by atoms with Gasteiger partial charge in [0, 0.05) is 5.88 Å². The lowest BCUT2D eigenvalue weighted by Gasteiger charge is -1.87. The van der Waals surface area contributed by atoms with E-state index >= 15 is 0 Å². The van der Waals surface area contributed by atoms with Crippen molar-refractivity contribution in [2.75, 3.05) is 5.88 Å². The molecular weight excluding hydrogens is 168 g/mol. The molecule has 0 aliphatic carbocycles. The van der Waals surface area contributed by atoms with Crippen molar-refractivity contribution in [3.63, 3.8) is 0 Å². The van der Waals surface area contributed by atoms with Crippen LogP contribution in [0.2, 0.25) is 0 Å². The van der Waals surface area contributed by atoms with Gasteiger partial charge in [0.25, 0.3) is 0 Å². The Balaban J connectivity index is 2.52. The Labute approximate surface area is 78.2 Å². The molecule has 0 aliphatic rings. The van der Waals surface area contributed by atoms with Crippen molar-refractivity contribution in [3.05, 3.63) is 54.1 Å². The highest BCUT2D eigenvalue weighted by atomic mass is 35.5. The molecule has 0 aliphatic heterocycles. The first-order valence-corrected chi connectivity index (χ1v) is 4.41. The van der Waals surface area contributed by atoms with Crippen molar-refractivity contribution in [2.45, 2.75) is 0 Å². The Morgan fingerprint density at radius 3 is 2.50 bits per heavy atom. The van der Waals surface area contributed by atoms with Crippen molar-refractivity contribution < 1.29 is 0 Å². The Hall–Kier alpha value is -1.01. The molecule has 1 heteroatoms. The summed E-state index contributed by atoms with van der Waals surface area (Å²) in [6, 6.07) is 10.2. The highest BCUT2D eigenvalue weighted by Gasteiger charge is 1.78. The minimum absolute atomic E-state index is 0.569. The zero-order valence-electron chi connectivity index (χ0n) is 6.78. The van der Waals surface area contributed by atoms with E-state index < -0.39 is 0 Å². The third-order valence-corrected chi connectivity index (χ3v) is 1.60. The van der Waals surface area contributed by atoms with Crippen molar-refractivity contribution in [1.82, 2.24) is 0 Å². The van der Waals surface area contributed by atoms with E-state index in [4.69, 9.17) is 11.6 Å². The van der Waals surface area contributed by atoms with Crippen molar-refractivity contribution in [2.24, 2.45) is 0 Å². The van der Waals surface area contributed by atoms with Crippen LogP contribution < -0.4 is 0 Å². The van der Waals surface area contributed by atoms with Gasteiger partial charge in [-0.25, -0.2) is 0 Å². The second-order valence-electron chi connectivity index (χ2n) is 2.35. The van der Waals surface area contributed by atoms with Crippen LogP contribution in [-0.4, -0.2) is 5.88 Å². The fourth-order valence-electron chi connectivity index (χ4n) is 0.861. The number of hydrogen-bond donors (Lipinski definition) is 0. The van der Waals surface area contributed by atoms with E-state index in [9.17, 15) is 0 Å². The molecule has 0 fully saturated rings. The second-order valence-corrected chi connectivity index (χ2v) is 2.66. The summed E-state index contributed by atoms with van der Waals surface area (Å²) in [5, 5.41) is 0. The fraction of sp³-hybridized carbons (Fsp3) is 0.0909. The summed E-state index contributed by atoms with van der Waals surface area (Å²) in [6.07, 6.45) is 7.88. The summed E-state index contributed by atoms with van der Waals surface area (Å²) < 4.78 is 0. The maximum atomic E-state index is 5.46. The van der Waals surface area contributed by atoms with Crippen molar-refractivity contribution >= 4 is 17.7 Å². The van der Waals surface area contributed by atoms with E-state index in [2.05, 4.69) is 12.1 Å². The number of hydrogen-bond acceptors (Lipinski definition) is 0. The van der Waals surface area contributed by atoms with Gasteiger partial charge in [0.15, 0.2) is 0 Å². The van der Waals surface area contributed by atoms with Crippen LogP contribution in [0.15, 0.2) is 48.6 Å². The molecule has 62 valence electrons. The zero-order valence-corrected chi connectivity index (χ0v) is 7.54. The largest absolute Gasteiger partial charge is 0.122 e. The first-order chi connectivity index (χ1) is 5.93. The summed E-state index contributed by atoms with van der Waals surface area (Å²) in [6.45, 7) is 0. The molecule has 0 atom stereocenters. The molecule has 0 N–H and O–H groups in total. The Bertz CT molecular complexity index is 260. The molecule has 1 aromatic rings. The van der Waals surface area contributed by atoms with Crippen LogP contribution in [0.3, 0.4) is 0 Å². The maximum Gasteiger partial charge on any atom is 0.0407 e. The average molecular weight is 179 g/mol. The molecule has 0 amide bonds. The third kappa shape index (κ3) is 3.40. The fourth-order valence-corrected chi connectivity index (χ4v) is 0.964. The molecule has 1 aromatic carbocycles. The molecular formula is C11H11Cl. The minimum atomic E-state index is 0.569. The van der Waals surface area contributed by atoms with Gasteiger partial charge in [-0.05, 0) is 5.56 Å². The predicted molar refractivity (Wildman–Crippen MR) is 55.3 cm³/mol. The molecule has 0 bridgehead atoms. The van der Waals surface area contributed by atoms with Gasteiger partial charge in [-0.15, -0.1) is 11.6 Å². The van der Waals surface area contributed by atoms with Crippen LogP contribution in [0, 0.1) is 0 Å². The van der Waals surface area contributed by atoms with Crippen LogP contribution in [0.1, 0.15) is 5.56 Å². The van der Waals surface area contributed by atoms with Gasteiger partial charge in [0.2, 0.25) is 0 Å². The van der Waals surface area contributed by atoms with Crippen LogP contribution in [0.25, 0.3) is 6.08 Å². The van der Waals surface area contributed by atoms with Crippen molar-refractivity contribution in [1.29, 1.82) is 0 Å². The second kappa shape index (κ2) is 5.62. The first kappa shape index (κ1) is 9.08.